The highest BCUT2D eigenvalue weighted by Gasteiger charge is 2.13. The first kappa shape index (κ1) is 16.4. The SMILES string of the molecule is CC(NC(=O)NCC(=O)NCC(=O)O)c1ccccc1F. The van der Waals surface area contributed by atoms with Crippen LogP contribution in [0.1, 0.15) is 18.5 Å². The van der Waals surface area contributed by atoms with E-state index in [1.165, 1.54) is 6.07 Å². The van der Waals surface area contributed by atoms with Gasteiger partial charge in [-0.2, -0.15) is 0 Å². The number of hydrogen-bond donors (Lipinski definition) is 4. The monoisotopic (exact) mass is 297 g/mol. The Kier molecular flexibility index (Phi) is 6.12. The maximum Gasteiger partial charge on any atom is 0.322 e. The molecule has 0 aliphatic heterocycles. The molecule has 3 amide bonds. The Balaban J connectivity index is 2.38. The molecule has 4 N–H and O–H groups in total. The Hall–Kier alpha value is -2.64. The van der Waals surface area contributed by atoms with Crippen molar-refractivity contribution in [3.8, 4) is 0 Å². The molecule has 1 aromatic carbocycles. The predicted octanol–water partition coefficient (Wildman–Crippen LogP) is 0.387. The lowest BCUT2D eigenvalue weighted by Gasteiger charge is -2.15. The van der Waals surface area contributed by atoms with Gasteiger partial charge in [0.2, 0.25) is 5.91 Å². The molecule has 0 saturated heterocycles. The highest BCUT2D eigenvalue weighted by Crippen LogP contribution is 2.15. The third-order valence-corrected chi connectivity index (χ3v) is 2.57. The molecule has 1 atom stereocenters. The molecule has 0 saturated carbocycles. The van der Waals surface area contributed by atoms with E-state index in [0.29, 0.717) is 5.56 Å². The molecule has 114 valence electrons. The zero-order chi connectivity index (χ0) is 15.8. The van der Waals surface area contributed by atoms with Crippen molar-refractivity contribution in [3.05, 3.63) is 35.6 Å². The lowest BCUT2D eigenvalue weighted by molar-refractivity contribution is -0.137. The highest BCUT2D eigenvalue weighted by atomic mass is 19.1. The van der Waals surface area contributed by atoms with Gasteiger partial charge in [0, 0.05) is 5.56 Å². The number of halogens is 1. The molecule has 7 nitrogen and oxygen atoms in total. The van der Waals surface area contributed by atoms with Crippen LogP contribution in [0, 0.1) is 5.82 Å². The lowest BCUT2D eigenvalue weighted by atomic mass is 10.1. The molecule has 0 bridgehead atoms. The summed E-state index contributed by atoms with van der Waals surface area (Å²) in [6.45, 7) is 0.708. The van der Waals surface area contributed by atoms with Crippen LogP contribution in [0.5, 0.6) is 0 Å². The fourth-order valence-electron chi connectivity index (χ4n) is 1.55. The Morgan fingerprint density at radius 3 is 2.48 bits per heavy atom. The molecule has 0 aliphatic rings. The maximum atomic E-state index is 13.5. The van der Waals surface area contributed by atoms with Gasteiger partial charge in [0.1, 0.15) is 12.4 Å². The second-order valence-corrected chi connectivity index (χ2v) is 4.24. The van der Waals surface area contributed by atoms with Crippen molar-refractivity contribution in [3.63, 3.8) is 0 Å². The van der Waals surface area contributed by atoms with Gasteiger partial charge in [0.25, 0.3) is 0 Å². The van der Waals surface area contributed by atoms with Gasteiger partial charge < -0.3 is 21.1 Å². The van der Waals surface area contributed by atoms with Crippen molar-refractivity contribution in [2.75, 3.05) is 13.1 Å². The van der Waals surface area contributed by atoms with E-state index in [0.717, 1.165) is 0 Å². The number of hydrogen-bond acceptors (Lipinski definition) is 3. The van der Waals surface area contributed by atoms with Crippen LogP contribution >= 0.6 is 0 Å². The predicted molar refractivity (Wildman–Crippen MR) is 72.0 cm³/mol. The van der Waals surface area contributed by atoms with Crippen molar-refractivity contribution < 1.29 is 23.9 Å². The molecule has 0 aliphatic carbocycles. The third kappa shape index (κ3) is 5.89. The molecule has 21 heavy (non-hydrogen) atoms. The van der Waals surface area contributed by atoms with Crippen LogP contribution in [-0.2, 0) is 9.59 Å². The van der Waals surface area contributed by atoms with E-state index in [9.17, 15) is 18.8 Å². The zero-order valence-electron chi connectivity index (χ0n) is 11.4. The number of urea groups is 1. The second-order valence-electron chi connectivity index (χ2n) is 4.24. The summed E-state index contributed by atoms with van der Waals surface area (Å²) in [5.74, 6) is -2.25. The molecular formula is C13H16FN3O4. The van der Waals surface area contributed by atoms with Crippen LogP contribution < -0.4 is 16.0 Å². The molecular weight excluding hydrogens is 281 g/mol. The molecule has 0 fully saturated rings. The summed E-state index contributed by atoms with van der Waals surface area (Å²) in [5, 5.41) is 15.2. The number of carboxylic acid groups (broad SMARTS) is 1. The number of carbonyl (C=O) groups excluding carboxylic acids is 2. The van der Waals surface area contributed by atoms with Crippen molar-refractivity contribution in [1.82, 2.24) is 16.0 Å². The Morgan fingerprint density at radius 1 is 1.19 bits per heavy atom. The zero-order valence-corrected chi connectivity index (χ0v) is 11.4. The minimum Gasteiger partial charge on any atom is -0.480 e. The summed E-state index contributed by atoms with van der Waals surface area (Å²) < 4.78 is 13.5. The number of benzene rings is 1. The van der Waals surface area contributed by atoms with E-state index < -0.39 is 36.3 Å². The van der Waals surface area contributed by atoms with Crippen molar-refractivity contribution >= 4 is 17.9 Å². The van der Waals surface area contributed by atoms with Gasteiger partial charge in [0.15, 0.2) is 0 Å². The van der Waals surface area contributed by atoms with Crippen molar-refractivity contribution in [1.29, 1.82) is 0 Å². The number of aliphatic carboxylic acids is 1. The van der Waals surface area contributed by atoms with Crippen molar-refractivity contribution in [2.45, 2.75) is 13.0 Å². The quantitative estimate of drug-likeness (QED) is 0.609. The topological polar surface area (TPSA) is 108 Å². The summed E-state index contributed by atoms with van der Waals surface area (Å²) in [7, 11) is 0. The molecule has 0 aromatic heterocycles. The van der Waals surface area contributed by atoms with E-state index in [1.54, 1.807) is 25.1 Å². The highest BCUT2D eigenvalue weighted by molar-refractivity contribution is 5.86. The summed E-state index contributed by atoms with van der Waals surface area (Å²) in [6, 6.07) is 4.78. The van der Waals surface area contributed by atoms with E-state index in [2.05, 4.69) is 16.0 Å². The fourth-order valence-corrected chi connectivity index (χ4v) is 1.55. The minimum atomic E-state index is -1.18. The second kappa shape index (κ2) is 7.83. The van der Waals surface area contributed by atoms with E-state index >= 15 is 0 Å². The van der Waals surface area contributed by atoms with E-state index in [-0.39, 0.29) is 6.54 Å². The van der Waals surface area contributed by atoms with Gasteiger partial charge in [-0.25, -0.2) is 9.18 Å². The molecule has 0 heterocycles. The van der Waals surface area contributed by atoms with E-state index in [4.69, 9.17) is 5.11 Å². The van der Waals surface area contributed by atoms with Crippen LogP contribution in [0.3, 0.4) is 0 Å². The van der Waals surface area contributed by atoms with Gasteiger partial charge in [0.05, 0.1) is 12.6 Å². The summed E-state index contributed by atoms with van der Waals surface area (Å²) in [6.07, 6.45) is 0. The van der Waals surface area contributed by atoms with Gasteiger partial charge in [-0.1, -0.05) is 18.2 Å². The molecule has 1 rings (SSSR count). The lowest BCUT2D eigenvalue weighted by Crippen LogP contribution is -2.43. The van der Waals surface area contributed by atoms with Crippen LogP contribution in [0.4, 0.5) is 9.18 Å². The summed E-state index contributed by atoms with van der Waals surface area (Å²) in [5.41, 5.74) is 0.322. The molecule has 1 unspecified atom stereocenters. The Bertz CT molecular complexity index is 536. The van der Waals surface area contributed by atoms with Crippen LogP contribution in [0.15, 0.2) is 24.3 Å². The first-order valence-corrected chi connectivity index (χ1v) is 6.17. The summed E-state index contributed by atoms with van der Waals surface area (Å²) in [4.78, 5) is 33.0. The van der Waals surface area contributed by atoms with E-state index in [1.807, 2.05) is 0 Å². The standard InChI is InChI=1S/C13H16FN3O4/c1-8(9-4-2-3-5-10(9)14)17-13(21)16-6-11(18)15-7-12(19)20/h2-5,8H,6-7H2,1H3,(H,15,18)(H,19,20)(H2,16,17,21). The Labute approximate surface area is 120 Å². The fraction of sp³-hybridized carbons (Fsp3) is 0.308. The van der Waals surface area contributed by atoms with Gasteiger partial charge in [-0.3, -0.25) is 9.59 Å². The summed E-state index contributed by atoms with van der Waals surface area (Å²) >= 11 is 0. The largest absolute Gasteiger partial charge is 0.480 e. The Morgan fingerprint density at radius 2 is 1.86 bits per heavy atom. The third-order valence-electron chi connectivity index (χ3n) is 2.57. The van der Waals surface area contributed by atoms with Crippen molar-refractivity contribution in [2.24, 2.45) is 0 Å². The van der Waals surface area contributed by atoms with Crippen LogP contribution in [-0.4, -0.2) is 36.1 Å². The van der Waals surface area contributed by atoms with Crippen LogP contribution in [0.25, 0.3) is 0 Å². The number of carboxylic acids is 1. The molecule has 8 heteroatoms. The number of amides is 3. The van der Waals surface area contributed by atoms with Gasteiger partial charge in [-0.05, 0) is 13.0 Å². The molecule has 0 spiro atoms. The number of carbonyl (C=O) groups is 3. The molecule has 1 aromatic rings. The number of rotatable bonds is 6. The first-order chi connectivity index (χ1) is 9.90. The smallest absolute Gasteiger partial charge is 0.322 e. The first-order valence-electron chi connectivity index (χ1n) is 6.17. The average Bonchev–Trinajstić information content (AvgIpc) is 2.43. The maximum absolute atomic E-state index is 13.5. The van der Waals surface area contributed by atoms with Crippen LogP contribution in [0.2, 0.25) is 0 Å². The minimum absolute atomic E-state index is 0.322. The molecule has 0 radical (unpaired) electrons. The normalized spacial score (nSPS) is 11.3. The van der Waals surface area contributed by atoms with Gasteiger partial charge >= 0.3 is 12.0 Å². The van der Waals surface area contributed by atoms with Gasteiger partial charge in [-0.15, -0.1) is 0 Å². The average molecular weight is 297 g/mol. The number of nitrogens with one attached hydrogen (secondary N) is 3.